The van der Waals surface area contributed by atoms with Crippen LogP contribution in [0, 0.1) is 40.9 Å². The molecule has 14 atom stereocenters. The summed E-state index contributed by atoms with van der Waals surface area (Å²) in [4.78, 5) is 63.1. The molecule has 8 rings (SSSR count). The van der Waals surface area contributed by atoms with Crippen LogP contribution in [0.5, 0.6) is 0 Å². The first-order valence-corrected chi connectivity index (χ1v) is 26.6. The van der Waals surface area contributed by atoms with Crippen molar-refractivity contribution >= 4 is 34.9 Å². The number of carboxylic acid groups (broad SMARTS) is 1. The molecule has 0 bridgehead atoms. The summed E-state index contributed by atoms with van der Waals surface area (Å²) in [7, 11) is 1.80. The number of ether oxygens (including phenoxy) is 3. The summed E-state index contributed by atoms with van der Waals surface area (Å²) in [5.41, 5.74) is 0.592. The maximum absolute atomic E-state index is 12.7. The van der Waals surface area contributed by atoms with E-state index in [2.05, 4.69) is 39.4 Å². The van der Waals surface area contributed by atoms with Crippen LogP contribution < -0.4 is 10.6 Å². The molecule has 2 unspecified atom stereocenters. The Morgan fingerprint density at radius 1 is 0.915 bits per heavy atom. The van der Waals surface area contributed by atoms with Gasteiger partial charge in [-0.15, -0.1) is 0 Å². The van der Waals surface area contributed by atoms with Crippen LogP contribution in [0.25, 0.3) is 11.2 Å². The van der Waals surface area contributed by atoms with E-state index in [0.717, 1.165) is 76.2 Å². The van der Waals surface area contributed by atoms with Crippen LogP contribution in [0.1, 0.15) is 141 Å². The quantitative estimate of drug-likeness (QED) is 0.0614. The molecule has 4 saturated carbocycles. The zero-order valence-corrected chi connectivity index (χ0v) is 42.0. The summed E-state index contributed by atoms with van der Waals surface area (Å²) >= 11 is 0. The number of amides is 2. The summed E-state index contributed by atoms with van der Waals surface area (Å²) in [5, 5.41) is 60.9. The van der Waals surface area contributed by atoms with Crippen LogP contribution in [-0.2, 0) is 39.9 Å². The number of likely N-dealkylation sites (N-methyl/N-ethyl adjacent to an activating group) is 1. The number of unbranched alkanes of at least 4 members (excludes halogenated alkanes) is 4. The number of nitrogens with zero attached hydrogens (tertiary/aromatic N) is 5. The van der Waals surface area contributed by atoms with Crippen molar-refractivity contribution in [3.8, 4) is 0 Å². The molecule has 19 heteroatoms. The van der Waals surface area contributed by atoms with Crippen LogP contribution in [0.2, 0.25) is 0 Å². The van der Waals surface area contributed by atoms with Gasteiger partial charge in [0.1, 0.15) is 36.8 Å². The lowest BCUT2D eigenvalue weighted by Crippen LogP contribution is -2.65. The number of nitrogens with one attached hydrogen (secondary N) is 2. The largest absolute Gasteiger partial charge is 0.481 e. The predicted molar refractivity (Wildman–Crippen MR) is 259 cm³/mol. The van der Waals surface area contributed by atoms with Crippen molar-refractivity contribution in [2.24, 2.45) is 40.9 Å². The van der Waals surface area contributed by atoms with Gasteiger partial charge in [0.2, 0.25) is 11.8 Å². The summed E-state index contributed by atoms with van der Waals surface area (Å²) in [5.74, 6) is 0.514. The molecule has 2 aromatic rings. The van der Waals surface area contributed by atoms with Crippen molar-refractivity contribution in [1.29, 1.82) is 0 Å². The Hall–Kier alpha value is -4.11. The standard InChI is InChI=1S/C52H79N7O12/c1-31-14-16-34(23-32-15-17-37-35(45(31)32)25-40(60)51(2)36(18-19-52(37,51)68)33-24-44(65)70-28-33)69-22-9-5-7-11-41(61)53-20-8-4-6-12-42(62)54-26-38-46-49(56-29-55-38)59(30-57-46)50-48(67)47(66)39(71-50)27-58(3)21-10-13-43(63)64/h24,29-32,34-37,39-40,45,47-48,50,60,66-68H,4-23,25-28H2,1-3H3,(H,53,61)(H,54,62)(H,63,64)/t31-,32-,34-,35+,36-,37?,39-,40-,45?,47-,48-,50-,51+,52+/m1/s1. The average Bonchev–Trinajstić information content (AvgIpc) is 4.08. The van der Waals surface area contributed by atoms with Crippen LogP contribution in [0.4, 0.5) is 0 Å². The number of aliphatic carboxylic acids is 1. The first-order valence-electron chi connectivity index (χ1n) is 26.6. The lowest BCUT2D eigenvalue weighted by atomic mass is 9.46. The molecule has 6 aliphatic rings. The first kappa shape index (κ1) is 53.2. The first-order chi connectivity index (χ1) is 34.1. The van der Waals surface area contributed by atoms with E-state index in [4.69, 9.17) is 19.3 Å². The third-order valence-corrected chi connectivity index (χ3v) is 17.7. The van der Waals surface area contributed by atoms with E-state index in [-0.39, 0.29) is 67.8 Å². The normalized spacial score (nSPS) is 34.6. The second-order valence-corrected chi connectivity index (χ2v) is 22.0. The van der Waals surface area contributed by atoms with Crippen molar-refractivity contribution < 1.29 is 58.9 Å². The number of cyclic esters (lactones) is 1. The highest BCUT2D eigenvalue weighted by Crippen LogP contribution is 2.67. The minimum absolute atomic E-state index is 0.0359. The zero-order chi connectivity index (χ0) is 50.5. The number of aliphatic hydroxyl groups excluding tert-OH is 3. The fraction of sp³-hybridized carbons (Fsp3) is 0.788. The number of hydrogen-bond acceptors (Lipinski definition) is 15. The minimum Gasteiger partial charge on any atom is -0.481 e. The van der Waals surface area contributed by atoms with Crippen molar-refractivity contribution in [3.05, 3.63) is 30.0 Å². The van der Waals surface area contributed by atoms with E-state index in [1.807, 2.05) is 4.90 Å². The van der Waals surface area contributed by atoms with Gasteiger partial charge in [0.25, 0.3) is 0 Å². The smallest absolute Gasteiger partial charge is 0.331 e. The number of aromatic nitrogens is 4. The number of carboxylic acids is 1. The highest BCUT2D eigenvalue weighted by atomic mass is 16.6. The molecule has 4 heterocycles. The Morgan fingerprint density at radius 2 is 1.69 bits per heavy atom. The summed E-state index contributed by atoms with van der Waals surface area (Å²) < 4.78 is 19.4. The SMILES string of the molecule is C[C@@H]1CC[C@@H](OCCCCCC(=O)NCCCCCC(=O)NCc2ncnc3c2ncn3[C@@H]2O[C@H](CN(C)CCCC(=O)O)[C@@H](O)[C@H]2O)C[C@H]2CCC3[C@H](C[C@@H](O)[C@]4(C)[C@@H](C5=CC(=O)OC5)CC[C@]34O)C21. The molecule has 19 nitrogen and oxygen atoms in total. The molecule has 2 aromatic heterocycles. The number of imidazole rings is 1. The van der Waals surface area contributed by atoms with Crippen molar-refractivity contribution in [2.75, 3.05) is 39.9 Å². The number of fused-ring (bicyclic) bond motifs is 6. The number of carbonyl (C=O) groups excluding carboxylic acids is 3. The summed E-state index contributed by atoms with van der Waals surface area (Å²) in [6, 6.07) is 0. The van der Waals surface area contributed by atoms with Crippen LogP contribution in [0.3, 0.4) is 0 Å². The number of carbonyl (C=O) groups is 4. The molecule has 2 aliphatic heterocycles. The minimum atomic E-state index is -1.25. The monoisotopic (exact) mass is 994 g/mol. The fourth-order valence-electron chi connectivity index (χ4n) is 14.0. The summed E-state index contributed by atoms with van der Waals surface area (Å²) in [6.07, 6.45) is 13.2. The van der Waals surface area contributed by atoms with Gasteiger partial charge >= 0.3 is 11.9 Å². The Labute approximate surface area is 416 Å². The molecule has 2 amide bonds. The molecule has 0 spiro atoms. The van der Waals surface area contributed by atoms with E-state index in [0.29, 0.717) is 92.8 Å². The highest BCUT2D eigenvalue weighted by Gasteiger charge is 2.69. The highest BCUT2D eigenvalue weighted by molar-refractivity contribution is 5.85. The van der Waals surface area contributed by atoms with E-state index in [1.165, 1.54) is 12.7 Å². The van der Waals surface area contributed by atoms with Crippen LogP contribution in [0.15, 0.2) is 24.3 Å². The van der Waals surface area contributed by atoms with Gasteiger partial charge in [-0.2, -0.15) is 0 Å². The number of rotatable bonds is 23. The molecule has 394 valence electrons. The number of aliphatic hydroxyl groups is 4. The maximum Gasteiger partial charge on any atom is 0.331 e. The Bertz CT molecular complexity index is 2210. The van der Waals surface area contributed by atoms with Gasteiger partial charge in [-0.3, -0.25) is 19.0 Å². The van der Waals surface area contributed by atoms with Crippen LogP contribution >= 0.6 is 0 Å². The Morgan fingerprint density at radius 3 is 2.45 bits per heavy atom. The summed E-state index contributed by atoms with van der Waals surface area (Å²) in [6.45, 7) is 6.85. The molecule has 5 fully saturated rings. The van der Waals surface area contributed by atoms with E-state index in [1.54, 1.807) is 17.7 Å². The zero-order valence-electron chi connectivity index (χ0n) is 42.0. The Balaban J connectivity index is 0.674. The van der Waals surface area contributed by atoms with Crippen LogP contribution in [-0.4, -0.2) is 150 Å². The van der Waals surface area contributed by atoms with Gasteiger partial charge in [-0.25, -0.2) is 19.7 Å². The van der Waals surface area contributed by atoms with Gasteiger partial charge in [-0.05, 0) is 138 Å². The van der Waals surface area contributed by atoms with Crippen molar-refractivity contribution in [3.63, 3.8) is 0 Å². The Kier molecular flexibility index (Phi) is 17.5. The number of hydrogen-bond donors (Lipinski definition) is 7. The van der Waals surface area contributed by atoms with Gasteiger partial charge in [0, 0.05) is 50.4 Å². The molecule has 7 N–H and O–H groups in total. The second kappa shape index (κ2) is 23.4. The molecule has 0 radical (unpaired) electrons. The average molecular weight is 994 g/mol. The van der Waals surface area contributed by atoms with Gasteiger partial charge in [-0.1, -0.05) is 26.7 Å². The predicted octanol–water partition coefficient (Wildman–Crippen LogP) is 3.95. The number of esters is 1. The fourth-order valence-corrected chi connectivity index (χ4v) is 14.0. The molecule has 1 saturated heterocycles. The molecule has 0 aromatic carbocycles. The van der Waals surface area contributed by atoms with E-state index >= 15 is 0 Å². The molecule has 4 aliphatic carbocycles. The topological polar surface area (TPSA) is 268 Å². The lowest BCUT2D eigenvalue weighted by molar-refractivity contribution is -0.228. The van der Waals surface area contributed by atoms with Crippen molar-refractivity contribution in [2.45, 2.75) is 178 Å². The molecular formula is C52H79N7O12. The third-order valence-electron chi connectivity index (χ3n) is 17.7. The van der Waals surface area contributed by atoms with E-state index < -0.39 is 47.6 Å². The third kappa shape index (κ3) is 11.7. The van der Waals surface area contributed by atoms with E-state index in [9.17, 15) is 39.6 Å². The van der Waals surface area contributed by atoms with Gasteiger partial charge in [0.05, 0.1) is 36.4 Å². The second-order valence-electron chi connectivity index (χ2n) is 22.0. The maximum atomic E-state index is 12.7. The lowest BCUT2D eigenvalue weighted by Gasteiger charge is -2.61. The van der Waals surface area contributed by atoms with Gasteiger partial charge < -0.3 is 55.3 Å². The molecular weight excluding hydrogens is 915 g/mol. The van der Waals surface area contributed by atoms with Crippen molar-refractivity contribution in [1.82, 2.24) is 35.1 Å². The van der Waals surface area contributed by atoms with Gasteiger partial charge in [0.15, 0.2) is 11.9 Å². The molecule has 71 heavy (non-hydrogen) atoms.